The number of aromatic nitrogens is 3. The fourth-order valence-electron chi connectivity index (χ4n) is 2.18. The summed E-state index contributed by atoms with van der Waals surface area (Å²) in [6.07, 6.45) is 0. The van der Waals surface area contributed by atoms with E-state index in [4.69, 9.17) is 10.5 Å². The van der Waals surface area contributed by atoms with Crippen LogP contribution in [0.15, 0.2) is 18.2 Å². The van der Waals surface area contributed by atoms with E-state index in [9.17, 15) is 0 Å². The molecule has 0 aliphatic carbocycles. The summed E-state index contributed by atoms with van der Waals surface area (Å²) in [7, 11) is 0. The molecule has 0 saturated heterocycles. The van der Waals surface area contributed by atoms with Crippen molar-refractivity contribution in [2.75, 3.05) is 5.73 Å². The molecule has 5 nitrogen and oxygen atoms in total. The maximum atomic E-state index is 5.97. The van der Waals surface area contributed by atoms with Gasteiger partial charge < -0.3 is 10.5 Å². The van der Waals surface area contributed by atoms with Gasteiger partial charge in [-0.15, -0.1) is 10.2 Å². The van der Waals surface area contributed by atoms with Crippen LogP contribution in [0.5, 0.6) is 5.75 Å². The Morgan fingerprint density at radius 3 is 2.78 bits per heavy atom. The summed E-state index contributed by atoms with van der Waals surface area (Å²) in [5, 5.41) is 8.03. The van der Waals surface area contributed by atoms with Crippen molar-refractivity contribution >= 4 is 5.95 Å². The fourth-order valence-corrected chi connectivity index (χ4v) is 2.18. The van der Waals surface area contributed by atoms with Crippen molar-refractivity contribution in [3.05, 3.63) is 29.5 Å². The monoisotopic (exact) mass is 242 g/mol. The summed E-state index contributed by atoms with van der Waals surface area (Å²) < 4.78 is 5.97. The lowest BCUT2D eigenvalue weighted by Gasteiger charge is -2.32. The Bertz CT molecular complexity index is 637. The van der Waals surface area contributed by atoms with Crippen LogP contribution in [0.3, 0.4) is 0 Å². The summed E-state index contributed by atoms with van der Waals surface area (Å²) in [4.78, 5) is 4.27. The number of rotatable bonds is 0. The predicted octanol–water partition coefficient (Wildman–Crippen LogP) is 2.06. The zero-order chi connectivity index (χ0) is 12.9. The minimum Gasteiger partial charge on any atom is -0.481 e. The first-order valence-corrected chi connectivity index (χ1v) is 5.78. The van der Waals surface area contributed by atoms with Gasteiger partial charge in [0.2, 0.25) is 5.95 Å². The van der Waals surface area contributed by atoms with Crippen LogP contribution in [0.2, 0.25) is 0 Å². The maximum Gasteiger partial charge on any atom is 0.240 e. The summed E-state index contributed by atoms with van der Waals surface area (Å²) >= 11 is 0. The minimum absolute atomic E-state index is 0.168. The third-order valence-corrected chi connectivity index (χ3v) is 3.03. The van der Waals surface area contributed by atoms with Crippen LogP contribution in [0.25, 0.3) is 11.3 Å². The zero-order valence-electron chi connectivity index (χ0n) is 10.6. The van der Waals surface area contributed by atoms with E-state index < -0.39 is 5.60 Å². The third-order valence-electron chi connectivity index (χ3n) is 3.03. The van der Waals surface area contributed by atoms with Crippen molar-refractivity contribution in [2.24, 2.45) is 0 Å². The molecule has 92 valence electrons. The van der Waals surface area contributed by atoms with Crippen molar-refractivity contribution < 1.29 is 4.74 Å². The number of hydrogen-bond donors (Lipinski definition) is 1. The maximum absolute atomic E-state index is 5.97. The molecule has 0 spiro atoms. The van der Waals surface area contributed by atoms with Crippen LogP contribution in [0, 0.1) is 6.92 Å². The largest absolute Gasteiger partial charge is 0.481 e. The molecule has 0 saturated carbocycles. The number of ether oxygens (including phenoxy) is 1. The molecule has 0 amide bonds. The molecular formula is C13H14N4O. The van der Waals surface area contributed by atoms with E-state index >= 15 is 0 Å². The number of hydrogen-bond acceptors (Lipinski definition) is 5. The first kappa shape index (κ1) is 11.0. The lowest BCUT2D eigenvalue weighted by atomic mass is 9.94. The normalized spacial score (nSPS) is 15.5. The number of fused-ring (bicyclic) bond motifs is 3. The number of anilines is 1. The Labute approximate surface area is 105 Å². The van der Waals surface area contributed by atoms with E-state index in [-0.39, 0.29) is 5.95 Å². The average Bonchev–Trinajstić information content (AvgIpc) is 2.30. The second kappa shape index (κ2) is 3.41. The van der Waals surface area contributed by atoms with Crippen molar-refractivity contribution in [1.29, 1.82) is 0 Å². The minimum atomic E-state index is -0.554. The van der Waals surface area contributed by atoms with Gasteiger partial charge in [0.25, 0.3) is 0 Å². The summed E-state index contributed by atoms with van der Waals surface area (Å²) in [5.41, 5.74) is 8.60. The third kappa shape index (κ3) is 1.51. The Morgan fingerprint density at radius 2 is 2.00 bits per heavy atom. The highest BCUT2D eigenvalue weighted by molar-refractivity contribution is 5.72. The van der Waals surface area contributed by atoms with Crippen molar-refractivity contribution in [1.82, 2.24) is 15.2 Å². The standard InChI is InChI=1S/C13H14N4O/c1-7-4-5-9-8(6-7)10-11(13(2,3)18-9)15-12(14)17-16-10/h4-6H,1-3H3,(H2,14,15,17). The van der Waals surface area contributed by atoms with Gasteiger partial charge in [-0.05, 0) is 32.9 Å². The molecule has 0 radical (unpaired) electrons. The van der Waals surface area contributed by atoms with Gasteiger partial charge in [-0.25, -0.2) is 4.98 Å². The SMILES string of the molecule is Cc1ccc2c(c1)-c1nnc(N)nc1C(C)(C)O2. The average molecular weight is 242 g/mol. The van der Waals surface area contributed by atoms with Gasteiger partial charge in [0, 0.05) is 5.56 Å². The van der Waals surface area contributed by atoms with Crippen LogP contribution < -0.4 is 10.5 Å². The number of nitrogens with zero attached hydrogens (tertiary/aromatic N) is 3. The topological polar surface area (TPSA) is 73.9 Å². The smallest absolute Gasteiger partial charge is 0.240 e. The molecule has 3 rings (SSSR count). The van der Waals surface area contributed by atoms with Crippen LogP contribution in [-0.4, -0.2) is 15.2 Å². The summed E-state index contributed by atoms with van der Waals surface area (Å²) in [5.74, 6) is 0.973. The second-order valence-corrected chi connectivity index (χ2v) is 4.98. The van der Waals surface area contributed by atoms with Crippen LogP contribution in [-0.2, 0) is 5.60 Å². The zero-order valence-corrected chi connectivity index (χ0v) is 10.6. The second-order valence-electron chi connectivity index (χ2n) is 4.98. The van der Waals surface area contributed by atoms with Gasteiger partial charge in [0.15, 0.2) is 0 Å². The van der Waals surface area contributed by atoms with Crippen molar-refractivity contribution in [3.63, 3.8) is 0 Å². The molecule has 0 atom stereocenters. The molecule has 2 aromatic rings. The highest BCUT2D eigenvalue weighted by Crippen LogP contribution is 2.43. The summed E-state index contributed by atoms with van der Waals surface area (Å²) in [6.45, 7) is 5.92. The molecule has 0 fully saturated rings. The first-order chi connectivity index (χ1) is 8.47. The Kier molecular flexibility index (Phi) is 2.08. The van der Waals surface area contributed by atoms with Crippen LogP contribution in [0.1, 0.15) is 25.1 Å². The molecule has 0 bridgehead atoms. The van der Waals surface area contributed by atoms with Crippen LogP contribution in [0.4, 0.5) is 5.95 Å². The highest BCUT2D eigenvalue weighted by atomic mass is 16.5. The number of nitrogen functional groups attached to an aromatic ring is 1. The van der Waals surface area contributed by atoms with Gasteiger partial charge in [-0.3, -0.25) is 0 Å². The molecule has 1 aliphatic rings. The Morgan fingerprint density at radius 1 is 1.22 bits per heavy atom. The van der Waals surface area contributed by atoms with E-state index in [1.807, 2.05) is 39.0 Å². The molecule has 2 heterocycles. The quantitative estimate of drug-likeness (QED) is 0.765. The van der Waals surface area contributed by atoms with Gasteiger partial charge in [0.05, 0.1) is 0 Å². The number of nitrogens with two attached hydrogens (primary N) is 1. The molecule has 1 aromatic heterocycles. The Hall–Kier alpha value is -2.17. The molecule has 1 aromatic carbocycles. The number of aryl methyl sites for hydroxylation is 1. The number of benzene rings is 1. The van der Waals surface area contributed by atoms with E-state index in [2.05, 4.69) is 15.2 Å². The molecule has 2 N–H and O–H groups in total. The molecule has 0 unspecified atom stereocenters. The lowest BCUT2D eigenvalue weighted by Crippen LogP contribution is -2.31. The molecule has 5 heteroatoms. The first-order valence-electron chi connectivity index (χ1n) is 5.78. The van der Waals surface area contributed by atoms with Crippen molar-refractivity contribution in [3.8, 4) is 17.0 Å². The highest BCUT2D eigenvalue weighted by Gasteiger charge is 2.35. The van der Waals surface area contributed by atoms with Gasteiger partial charge in [0.1, 0.15) is 22.7 Å². The Balaban J connectivity index is 2.33. The van der Waals surface area contributed by atoms with E-state index in [0.717, 1.165) is 28.3 Å². The van der Waals surface area contributed by atoms with E-state index in [0.29, 0.717) is 0 Å². The molecule has 1 aliphatic heterocycles. The van der Waals surface area contributed by atoms with E-state index in [1.54, 1.807) is 0 Å². The molecule has 18 heavy (non-hydrogen) atoms. The van der Waals surface area contributed by atoms with Crippen molar-refractivity contribution in [2.45, 2.75) is 26.4 Å². The predicted molar refractivity (Wildman–Crippen MR) is 68.1 cm³/mol. The van der Waals surface area contributed by atoms with Gasteiger partial charge >= 0.3 is 0 Å². The van der Waals surface area contributed by atoms with Gasteiger partial charge in [-0.1, -0.05) is 11.6 Å². The summed E-state index contributed by atoms with van der Waals surface area (Å²) in [6, 6.07) is 5.99. The van der Waals surface area contributed by atoms with Crippen LogP contribution >= 0.6 is 0 Å². The fraction of sp³-hybridized carbons (Fsp3) is 0.308. The van der Waals surface area contributed by atoms with Gasteiger partial charge in [-0.2, -0.15) is 0 Å². The lowest BCUT2D eigenvalue weighted by molar-refractivity contribution is 0.0997. The van der Waals surface area contributed by atoms with E-state index in [1.165, 1.54) is 0 Å². The molecular weight excluding hydrogens is 228 g/mol.